The summed E-state index contributed by atoms with van der Waals surface area (Å²) in [5, 5.41) is 10.5. The summed E-state index contributed by atoms with van der Waals surface area (Å²) in [6.45, 7) is 1.04. The summed E-state index contributed by atoms with van der Waals surface area (Å²) in [5.41, 5.74) is 0.925. The summed E-state index contributed by atoms with van der Waals surface area (Å²) in [4.78, 5) is 27.0. The van der Waals surface area contributed by atoms with E-state index in [4.69, 9.17) is 28.3 Å². The predicted octanol–water partition coefficient (Wildman–Crippen LogP) is 5.12. The second-order valence-electron chi connectivity index (χ2n) is 9.39. The summed E-state index contributed by atoms with van der Waals surface area (Å²) in [7, 11) is -3.28. The number of piperidine rings is 1. The van der Waals surface area contributed by atoms with E-state index in [0.29, 0.717) is 17.9 Å². The van der Waals surface area contributed by atoms with E-state index in [0.717, 1.165) is 23.4 Å². The first-order valence-corrected chi connectivity index (χ1v) is 14.8. The highest BCUT2D eigenvalue weighted by Crippen LogP contribution is 2.44. The van der Waals surface area contributed by atoms with Crippen LogP contribution >= 0.6 is 23.2 Å². The van der Waals surface area contributed by atoms with Crippen molar-refractivity contribution in [1.82, 2.24) is 4.90 Å². The van der Waals surface area contributed by atoms with Crippen molar-refractivity contribution in [2.24, 2.45) is 11.8 Å². The van der Waals surface area contributed by atoms with Gasteiger partial charge in [0.15, 0.2) is 15.6 Å². The van der Waals surface area contributed by atoms with Crippen molar-refractivity contribution in [3.05, 3.63) is 70.2 Å². The van der Waals surface area contributed by atoms with Crippen LogP contribution < -0.4 is 0 Å². The standard InChI is InChI=1S/C21H28ClNO5S.C6H5Cl/c1-2-29(27,28)13-20(15-3-4-15)23-19(14-5-8-17(22)9-6-14)10-7-16(21(23)26)11-18(25)12-24;7-6-4-2-1-3-5-6/h5-6,8-9,15-16,19-20,24H,2-4,7,10-13H2,1H3;1-5H. The van der Waals surface area contributed by atoms with Crippen molar-refractivity contribution in [1.29, 1.82) is 0 Å². The molecule has 1 N–H and O–H groups in total. The molecule has 4 rings (SSSR count). The molecule has 1 saturated carbocycles. The number of aliphatic hydroxyl groups excluding tert-OH is 1. The van der Waals surface area contributed by atoms with E-state index in [1.807, 2.05) is 42.5 Å². The monoisotopic (exact) mass is 553 g/mol. The second kappa shape index (κ2) is 13.0. The van der Waals surface area contributed by atoms with Crippen LogP contribution in [-0.2, 0) is 19.4 Å². The van der Waals surface area contributed by atoms with Gasteiger partial charge in [0.25, 0.3) is 0 Å². The Morgan fingerprint density at radius 3 is 2.11 bits per heavy atom. The number of hydrogen-bond donors (Lipinski definition) is 1. The lowest BCUT2D eigenvalue weighted by Gasteiger charge is -2.44. The van der Waals surface area contributed by atoms with Crippen LogP contribution in [0.1, 0.15) is 50.6 Å². The Morgan fingerprint density at radius 1 is 1.00 bits per heavy atom. The van der Waals surface area contributed by atoms with Gasteiger partial charge >= 0.3 is 0 Å². The minimum absolute atomic E-state index is 0.00289. The van der Waals surface area contributed by atoms with Gasteiger partial charge in [0, 0.05) is 34.2 Å². The number of carbonyl (C=O) groups excluding carboxylic acids is 2. The van der Waals surface area contributed by atoms with Gasteiger partial charge in [-0.15, -0.1) is 0 Å². The molecular formula is C27H33Cl2NO5S. The molecule has 1 amide bonds. The minimum atomic E-state index is -3.28. The van der Waals surface area contributed by atoms with Gasteiger partial charge in [-0.2, -0.15) is 0 Å². The number of Topliss-reactive ketones (excluding diaryl/α,β-unsaturated/α-hetero) is 1. The fourth-order valence-corrected chi connectivity index (χ4v) is 6.10. The molecule has 0 aromatic heterocycles. The van der Waals surface area contributed by atoms with Crippen molar-refractivity contribution in [3.8, 4) is 0 Å². The number of aliphatic hydroxyl groups is 1. The molecule has 3 unspecified atom stereocenters. The summed E-state index contributed by atoms with van der Waals surface area (Å²) >= 11 is 11.6. The summed E-state index contributed by atoms with van der Waals surface area (Å²) in [6, 6.07) is 16.1. The maximum Gasteiger partial charge on any atom is 0.226 e. The lowest BCUT2D eigenvalue weighted by Crippen LogP contribution is -2.52. The normalized spacial score (nSPS) is 20.9. The first-order chi connectivity index (χ1) is 17.1. The van der Waals surface area contributed by atoms with E-state index < -0.39 is 22.4 Å². The van der Waals surface area contributed by atoms with Crippen LogP contribution in [0.25, 0.3) is 0 Å². The van der Waals surface area contributed by atoms with E-state index in [9.17, 15) is 18.0 Å². The van der Waals surface area contributed by atoms with Gasteiger partial charge in [-0.3, -0.25) is 9.59 Å². The molecule has 9 heteroatoms. The van der Waals surface area contributed by atoms with Crippen LogP contribution in [0, 0.1) is 11.8 Å². The molecule has 2 aromatic rings. The third kappa shape index (κ3) is 8.04. The highest BCUT2D eigenvalue weighted by Gasteiger charge is 2.46. The van der Waals surface area contributed by atoms with E-state index in [1.54, 1.807) is 24.0 Å². The van der Waals surface area contributed by atoms with E-state index in [1.165, 1.54) is 0 Å². The molecule has 0 spiro atoms. The number of likely N-dealkylation sites (tertiary alicyclic amines) is 1. The number of ketones is 1. The van der Waals surface area contributed by atoms with E-state index in [-0.39, 0.29) is 47.6 Å². The summed E-state index contributed by atoms with van der Waals surface area (Å²) in [6.07, 6.45) is 2.98. The summed E-state index contributed by atoms with van der Waals surface area (Å²) in [5.74, 6) is -0.897. The van der Waals surface area contributed by atoms with Gasteiger partial charge in [-0.1, -0.05) is 60.5 Å². The van der Waals surface area contributed by atoms with E-state index in [2.05, 4.69) is 0 Å². The molecule has 3 atom stereocenters. The lowest BCUT2D eigenvalue weighted by atomic mass is 9.84. The first kappa shape index (κ1) is 28.6. The van der Waals surface area contributed by atoms with Crippen molar-refractivity contribution in [2.75, 3.05) is 18.1 Å². The molecule has 196 valence electrons. The number of sulfone groups is 1. The van der Waals surface area contributed by atoms with Crippen molar-refractivity contribution < 1.29 is 23.1 Å². The Hall–Kier alpha value is -1.93. The number of carbonyl (C=O) groups is 2. The molecule has 1 heterocycles. The lowest BCUT2D eigenvalue weighted by molar-refractivity contribution is -0.147. The molecule has 0 radical (unpaired) electrons. The average molecular weight is 555 g/mol. The molecule has 2 aliphatic rings. The minimum Gasteiger partial charge on any atom is -0.389 e. The predicted molar refractivity (Wildman–Crippen MR) is 143 cm³/mol. The highest BCUT2D eigenvalue weighted by molar-refractivity contribution is 7.91. The molecule has 6 nitrogen and oxygen atoms in total. The number of nitrogens with zero attached hydrogens (tertiary/aromatic N) is 1. The molecule has 2 aromatic carbocycles. The first-order valence-electron chi connectivity index (χ1n) is 12.3. The van der Waals surface area contributed by atoms with Crippen LogP contribution in [-0.4, -0.2) is 54.3 Å². The van der Waals surface area contributed by atoms with Crippen LogP contribution in [0.3, 0.4) is 0 Å². The van der Waals surface area contributed by atoms with Gasteiger partial charge in [0.1, 0.15) is 6.61 Å². The van der Waals surface area contributed by atoms with Crippen molar-refractivity contribution >= 4 is 44.7 Å². The Labute approximate surface area is 223 Å². The van der Waals surface area contributed by atoms with Crippen LogP contribution in [0.15, 0.2) is 54.6 Å². The third-order valence-electron chi connectivity index (χ3n) is 6.75. The SMILES string of the molecule is CCS(=O)(=O)CC(C1CC1)N1C(=O)C(CC(=O)CO)CCC1c1ccc(Cl)cc1.Clc1ccccc1. The number of halogens is 2. The maximum absolute atomic E-state index is 13.4. The Bertz CT molecular complexity index is 1120. The molecule has 1 saturated heterocycles. The van der Waals surface area contributed by atoms with Crippen LogP contribution in [0.5, 0.6) is 0 Å². The topological polar surface area (TPSA) is 91.8 Å². The zero-order valence-electron chi connectivity index (χ0n) is 20.4. The second-order valence-corrected chi connectivity index (χ2v) is 12.7. The van der Waals surface area contributed by atoms with Gasteiger partial charge in [0.2, 0.25) is 5.91 Å². The zero-order valence-corrected chi connectivity index (χ0v) is 22.7. The Morgan fingerprint density at radius 2 is 1.61 bits per heavy atom. The van der Waals surface area contributed by atoms with Gasteiger partial charge in [-0.25, -0.2) is 8.42 Å². The van der Waals surface area contributed by atoms with Crippen LogP contribution in [0.4, 0.5) is 0 Å². The average Bonchev–Trinajstić information content (AvgIpc) is 3.71. The Kier molecular flexibility index (Phi) is 10.4. The van der Waals surface area contributed by atoms with Crippen LogP contribution in [0.2, 0.25) is 10.0 Å². The number of benzene rings is 2. The largest absolute Gasteiger partial charge is 0.389 e. The highest BCUT2D eigenvalue weighted by atomic mass is 35.5. The number of amides is 1. The fraction of sp³-hybridized carbons (Fsp3) is 0.481. The van der Waals surface area contributed by atoms with Gasteiger partial charge < -0.3 is 10.0 Å². The van der Waals surface area contributed by atoms with Crippen molar-refractivity contribution in [3.63, 3.8) is 0 Å². The number of hydrogen-bond acceptors (Lipinski definition) is 5. The molecule has 36 heavy (non-hydrogen) atoms. The smallest absolute Gasteiger partial charge is 0.226 e. The molecule has 2 fully saturated rings. The quantitative estimate of drug-likeness (QED) is 0.465. The number of rotatable bonds is 9. The summed E-state index contributed by atoms with van der Waals surface area (Å²) < 4.78 is 24.9. The molecular weight excluding hydrogens is 521 g/mol. The maximum atomic E-state index is 13.4. The Balaban J connectivity index is 0.000000444. The zero-order chi connectivity index (χ0) is 26.3. The molecule has 1 aliphatic carbocycles. The third-order valence-corrected chi connectivity index (χ3v) is 8.99. The van der Waals surface area contributed by atoms with Gasteiger partial charge in [0.05, 0.1) is 11.8 Å². The molecule has 0 bridgehead atoms. The van der Waals surface area contributed by atoms with Crippen molar-refractivity contribution in [2.45, 2.75) is 51.1 Å². The van der Waals surface area contributed by atoms with Gasteiger partial charge in [-0.05, 0) is 61.4 Å². The molecule has 1 aliphatic heterocycles. The van der Waals surface area contributed by atoms with E-state index >= 15 is 0 Å². The fourth-order valence-electron chi connectivity index (χ4n) is 4.64.